The summed E-state index contributed by atoms with van der Waals surface area (Å²) in [7, 11) is 1.54. The number of methoxy groups -OCH3 is 1. The first-order valence-electron chi connectivity index (χ1n) is 8.67. The molecule has 0 saturated heterocycles. The Labute approximate surface area is 157 Å². The van der Waals surface area contributed by atoms with Crippen LogP contribution in [0.1, 0.15) is 24.1 Å². The normalized spacial score (nSPS) is 15.3. The number of benzene rings is 2. The van der Waals surface area contributed by atoms with Crippen molar-refractivity contribution in [1.82, 2.24) is 10.6 Å². The van der Waals surface area contributed by atoms with Gasteiger partial charge in [-0.25, -0.2) is 0 Å². The summed E-state index contributed by atoms with van der Waals surface area (Å²) >= 11 is 0. The van der Waals surface area contributed by atoms with Crippen LogP contribution in [0.15, 0.2) is 48.5 Å². The lowest BCUT2D eigenvalue weighted by Crippen LogP contribution is -2.44. The van der Waals surface area contributed by atoms with Crippen LogP contribution in [0.5, 0.6) is 5.75 Å². The molecule has 0 aromatic heterocycles. The van der Waals surface area contributed by atoms with Crippen LogP contribution < -0.4 is 20.3 Å². The van der Waals surface area contributed by atoms with Crippen LogP contribution in [0.25, 0.3) is 0 Å². The molecular weight excluding hydrogens is 346 g/mol. The van der Waals surface area contributed by atoms with Crippen molar-refractivity contribution in [2.75, 3.05) is 18.6 Å². The Hall–Kier alpha value is -3.35. The maximum atomic E-state index is 12.6. The molecule has 7 nitrogen and oxygen atoms in total. The molecule has 2 aromatic carbocycles. The number of para-hydroxylation sites is 2. The Morgan fingerprint density at radius 2 is 1.78 bits per heavy atom. The lowest BCUT2D eigenvalue weighted by molar-refractivity contribution is -0.140. The number of amides is 3. The van der Waals surface area contributed by atoms with E-state index in [-0.39, 0.29) is 12.5 Å². The van der Waals surface area contributed by atoms with Gasteiger partial charge in [-0.1, -0.05) is 36.4 Å². The quantitative estimate of drug-likeness (QED) is 0.785. The molecule has 7 heteroatoms. The van der Waals surface area contributed by atoms with Crippen molar-refractivity contribution < 1.29 is 19.1 Å². The van der Waals surface area contributed by atoms with Gasteiger partial charge in [0.15, 0.2) is 0 Å². The van der Waals surface area contributed by atoms with Crippen LogP contribution in [0.4, 0.5) is 5.69 Å². The van der Waals surface area contributed by atoms with Gasteiger partial charge in [0.1, 0.15) is 11.8 Å². The monoisotopic (exact) mass is 367 g/mol. The van der Waals surface area contributed by atoms with Crippen molar-refractivity contribution >= 4 is 23.4 Å². The zero-order valence-corrected chi connectivity index (χ0v) is 15.2. The van der Waals surface area contributed by atoms with E-state index >= 15 is 0 Å². The number of nitrogens with zero attached hydrogens (tertiary/aromatic N) is 1. The zero-order chi connectivity index (χ0) is 19.4. The van der Waals surface area contributed by atoms with Gasteiger partial charge in [0.05, 0.1) is 7.11 Å². The number of hydrogen-bond acceptors (Lipinski definition) is 4. The molecule has 0 saturated carbocycles. The predicted octanol–water partition coefficient (Wildman–Crippen LogP) is 1.54. The number of likely N-dealkylation sites (N-methyl/N-ethyl adjacent to an activating group) is 1. The van der Waals surface area contributed by atoms with Crippen LogP contribution in [-0.4, -0.2) is 31.4 Å². The number of ether oxygens (including phenoxy) is 1. The zero-order valence-electron chi connectivity index (χ0n) is 15.2. The molecule has 3 rings (SSSR count). The predicted molar refractivity (Wildman–Crippen MR) is 100 cm³/mol. The van der Waals surface area contributed by atoms with E-state index in [1.165, 1.54) is 7.11 Å². The van der Waals surface area contributed by atoms with Crippen LogP contribution in [-0.2, 0) is 20.9 Å². The topological polar surface area (TPSA) is 87.7 Å². The number of carbonyl (C=O) groups is 3. The first kappa shape index (κ1) is 18.4. The van der Waals surface area contributed by atoms with E-state index in [1.54, 1.807) is 29.2 Å². The van der Waals surface area contributed by atoms with Crippen molar-refractivity contribution in [3.8, 4) is 5.75 Å². The van der Waals surface area contributed by atoms with E-state index in [0.29, 0.717) is 17.9 Å². The molecule has 0 spiro atoms. The minimum absolute atomic E-state index is 0.145. The summed E-state index contributed by atoms with van der Waals surface area (Å²) in [4.78, 5) is 38.7. The minimum Gasteiger partial charge on any atom is -0.496 e. The number of fused-ring (bicyclic) bond motifs is 1. The van der Waals surface area contributed by atoms with Crippen molar-refractivity contribution in [1.29, 1.82) is 0 Å². The first-order chi connectivity index (χ1) is 13.1. The Kier molecular flexibility index (Phi) is 5.40. The molecule has 1 atom stereocenters. The maximum absolute atomic E-state index is 12.6. The van der Waals surface area contributed by atoms with E-state index in [4.69, 9.17) is 4.74 Å². The van der Waals surface area contributed by atoms with E-state index in [9.17, 15) is 14.4 Å². The van der Waals surface area contributed by atoms with Crippen LogP contribution in [0, 0.1) is 0 Å². The van der Waals surface area contributed by atoms with Crippen molar-refractivity contribution in [3.05, 3.63) is 59.7 Å². The molecular formula is C20H21N3O4. The third-order valence-electron chi connectivity index (χ3n) is 4.48. The Bertz CT molecular complexity index is 881. The molecule has 0 bridgehead atoms. The molecule has 1 aliphatic heterocycles. The second kappa shape index (κ2) is 7.90. The summed E-state index contributed by atoms with van der Waals surface area (Å²) in [6.45, 7) is 2.49. The third kappa shape index (κ3) is 3.62. The van der Waals surface area contributed by atoms with Gasteiger partial charge < -0.3 is 20.3 Å². The molecule has 0 radical (unpaired) electrons. The molecule has 0 unspecified atom stereocenters. The lowest BCUT2D eigenvalue weighted by Gasteiger charge is -2.15. The molecule has 1 heterocycles. The van der Waals surface area contributed by atoms with Gasteiger partial charge in [-0.05, 0) is 19.1 Å². The molecule has 3 amide bonds. The van der Waals surface area contributed by atoms with E-state index in [2.05, 4.69) is 10.6 Å². The summed E-state index contributed by atoms with van der Waals surface area (Å²) in [5.41, 5.74) is 2.19. The van der Waals surface area contributed by atoms with Gasteiger partial charge in [0, 0.05) is 29.9 Å². The van der Waals surface area contributed by atoms with Crippen LogP contribution >= 0.6 is 0 Å². The molecule has 1 aliphatic rings. The summed E-state index contributed by atoms with van der Waals surface area (Å²) in [6.07, 6.45) is 0. The highest BCUT2D eigenvalue weighted by atomic mass is 16.5. The van der Waals surface area contributed by atoms with Crippen molar-refractivity contribution in [2.24, 2.45) is 0 Å². The minimum atomic E-state index is -0.856. The third-order valence-corrected chi connectivity index (χ3v) is 4.48. The first-order valence-corrected chi connectivity index (χ1v) is 8.67. The molecule has 2 aromatic rings. The fraction of sp³-hybridized carbons (Fsp3) is 0.250. The Balaban J connectivity index is 1.66. The van der Waals surface area contributed by atoms with Gasteiger partial charge in [0.2, 0.25) is 0 Å². The average Bonchev–Trinajstić information content (AvgIpc) is 2.97. The van der Waals surface area contributed by atoms with E-state index < -0.39 is 17.9 Å². The van der Waals surface area contributed by atoms with E-state index in [1.807, 2.05) is 31.2 Å². The van der Waals surface area contributed by atoms with Crippen molar-refractivity contribution in [3.63, 3.8) is 0 Å². The van der Waals surface area contributed by atoms with Gasteiger partial charge in [-0.3, -0.25) is 14.4 Å². The number of rotatable bonds is 5. The molecule has 2 N–H and O–H groups in total. The second-order valence-electron chi connectivity index (χ2n) is 6.04. The fourth-order valence-electron chi connectivity index (χ4n) is 3.15. The molecule has 0 aliphatic carbocycles. The Morgan fingerprint density at radius 1 is 1.07 bits per heavy atom. The largest absolute Gasteiger partial charge is 0.496 e. The highest BCUT2D eigenvalue weighted by molar-refractivity contribution is 6.35. The summed E-state index contributed by atoms with van der Waals surface area (Å²) in [5, 5.41) is 5.10. The highest BCUT2D eigenvalue weighted by Gasteiger charge is 2.37. The van der Waals surface area contributed by atoms with Gasteiger partial charge in [-0.2, -0.15) is 0 Å². The van der Waals surface area contributed by atoms with Gasteiger partial charge in [0.25, 0.3) is 5.91 Å². The SMILES string of the molecule is CCN1C(=O)[C@H](NC(=O)C(=O)NCc2ccccc2OC)c2ccccc21. The maximum Gasteiger partial charge on any atom is 0.310 e. The fourth-order valence-corrected chi connectivity index (χ4v) is 3.15. The number of hydrogen-bond donors (Lipinski definition) is 2. The number of carbonyl (C=O) groups excluding carboxylic acids is 3. The highest BCUT2D eigenvalue weighted by Crippen LogP contribution is 2.35. The average molecular weight is 367 g/mol. The van der Waals surface area contributed by atoms with Gasteiger partial charge in [-0.15, -0.1) is 0 Å². The number of anilines is 1. The Morgan fingerprint density at radius 3 is 2.52 bits per heavy atom. The summed E-state index contributed by atoms with van der Waals surface area (Å²) in [5.74, 6) is -1.28. The van der Waals surface area contributed by atoms with Crippen LogP contribution in [0.3, 0.4) is 0 Å². The molecule has 27 heavy (non-hydrogen) atoms. The summed E-state index contributed by atoms with van der Waals surface area (Å²) < 4.78 is 5.22. The van der Waals surface area contributed by atoms with Crippen molar-refractivity contribution in [2.45, 2.75) is 19.5 Å². The lowest BCUT2D eigenvalue weighted by atomic mass is 10.1. The van der Waals surface area contributed by atoms with E-state index in [0.717, 1.165) is 11.3 Å². The second-order valence-corrected chi connectivity index (χ2v) is 6.04. The molecule has 140 valence electrons. The van der Waals surface area contributed by atoms with Gasteiger partial charge >= 0.3 is 11.8 Å². The smallest absolute Gasteiger partial charge is 0.310 e. The number of nitrogens with one attached hydrogen (secondary N) is 2. The molecule has 0 fully saturated rings. The standard InChI is InChI=1S/C20H21N3O4/c1-3-23-15-10-6-5-9-14(15)17(20(23)26)22-19(25)18(24)21-12-13-8-4-7-11-16(13)27-2/h4-11,17H,3,12H2,1-2H3,(H,21,24)(H,22,25)/t17-/m1/s1. The van der Waals surface area contributed by atoms with Crippen LogP contribution in [0.2, 0.25) is 0 Å². The summed E-state index contributed by atoms with van der Waals surface area (Å²) in [6, 6.07) is 13.6.